The molecule has 4 fully saturated rings. The van der Waals surface area contributed by atoms with E-state index in [0.717, 1.165) is 62.6 Å². The van der Waals surface area contributed by atoms with Crippen molar-refractivity contribution >= 4 is 11.7 Å². The second-order valence-electron chi connectivity index (χ2n) is 13.7. The summed E-state index contributed by atoms with van der Waals surface area (Å²) in [4.78, 5) is 29.9. The molecule has 44 heavy (non-hydrogen) atoms. The number of hydrogen-bond donors (Lipinski definition) is 1. The molecule has 1 amide bonds. The number of amides is 1. The maximum Gasteiger partial charge on any atom is 0.282 e. The number of carbonyl (C=O) groups is 1. The first-order valence-electron chi connectivity index (χ1n) is 16.0. The van der Waals surface area contributed by atoms with Gasteiger partial charge in [0.2, 0.25) is 5.91 Å². The smallest absolute Gasteiger partial charge is 0.282 e. The zero-order valence-corrected chi connectivity index (χ0v) is 25.6. The third kappa shape index (κ3) is 5.74. The fourth-order valence-electron chi connectivity index (χ4n) is 7.82. The molecule has 0 unspecified atom stereocenters. The first-order chi connectivity index (χ1) is 21.3. The third-order valence-corrected chi connectivity index (χ3v) is 10.4. The molecule has 1 aliphatic carbocycles. The lowest BCUT2D eigenvalue weighted by molar-refractivity contribution is -0.120. The summed E-state index contributed by atoms with van der Waals surface area (Å²) in [5.74, 6) is 2.15. The van der Waals surface area contributed by atoms with Crippen molar-refractivity contribution in [2.45, 2.75) is 76.7 Å². The van der Waals surface area contributed by atoms with Gasteiger partial charge < -0.3 is 19.9 Å². The van der Waals surface area contributed by atoms with Crippen LogP contribution in [-0.4, -0.2) is 74.2 Å². The number of halogens is 1. The molecule has 1 aromatic carbocycles. The largest absolute Gasteiger partial charge is 0.434 e. The van der Waals surface area contributed by atoms with Crippen LogP contribution in [0, 0.1) is 17.2 Å². The third-order valence-electron chi connectivity index (χ3n) is 10.4. The summed E-state index contributed by atoms with van der Waals surface area (Å²) in [6.45, 7) is 9.31. The minimum absolute atomic E-state index is 0.0958. The van der Waals surface area contributed by atoms with Crippen LogP contribution in [0.5, 0.6) is 11.6 Å². The molecule has 4 aliphatic rings. The number of aromatic nitrogens is 5. The molecule has 1 N–H and O–H groups in total. The zero-order valence-electron chi connectivity index (χ0n) is 25.6. The molecule has 3 aliphatic heterocycles. The normalized spacial score (nSPS) is 25.0. The summed E-state index contributed by atoms with van der Waals surface area (Å²) in [5, 5.41) is 11.6. The highest BCUT2D eigenvalue weighted by Gasteiger charge is 2.47. The molecule has 3 saturated heterocycles. The molecule has 11 heteroatoms. The summed E-state index contributed by atoms with van der Waals surface area (Å²) in [7, 11) is 0. The van der Waals surface area contributed by atoms with Crippen LogP contribution in [0.2, 0.25) is 0 Å². The van der Waals surface area contributed by atoms with E-state index in [1.807, 2.05) is 13.8 Å². The number of piperidine rings is 1. The lowest BCUT2D eigenvalue weighted by Gasteiger charge is -2.54. The van der Waals surface area contributed by atoms with Crippen molar-refractivity contribution < 1.29 is 13.9 Å². The highest BCUT2D eigenvalue weighted by Crippen LogP contribution is 2.46. The number of nitrogens with zero attached hydrogens (tertiary/aromatic N) is 7. The molecule has 232 valence electrons. The number of hydrogen-bond acceptors (Lipinski definition) is 9. The Balaban J connectivity index is 0.980. The second kappa shape index (κ2) is 11.6. The standard InChI is InChI=1S/C33H41FN8O2/c1-22(2)29-26(16-35-20-36-29)25-15-24(34)3-4-27(25)44-31-30(37-21-38-40-31)42-18-32(19-42)11-13-41(14-12-32)17-23-5-8-33(9-6-23)10-7-28(43)39-33/h3-4,15-16,20-23H,5-14,17-19H2,1-2H3,(H,39,43)/t23-,33-. The van der Waals surface area contributed by atoms with Crippen molar-refractivity contribution in [2.24, 2.45) is 11.3 Å². The number of carbonyl (C=O) groups excluding carboxylic acids is 1. The predicted octanol–water partition coefficient (Wildman–Crippen LogP) is 5.12. The van der Waals surface area contributed by atoms with Crippen molar-refractivity contribution in [1.29, 1.82) is 0 Å². The van der Waals surface area contributed by atoms with Crippen molar-refractivity contribution in [3.05, 3.63) is 48.6 Å². The maximum absolute atomic E-state index is 14.5. The summed E-state index contributed by atoms with van der Waals surface area (Å²) in [6, 6.07) is 4.45. The highest BCUT2D eigenvalue weighted by atomic mass is 19.1. The van der Waals surface area contributed by atoms with Crippen LogP contribution in [-0.2, 0) is 4.79 Å². The number of benzene rings is 1. The molecule has 1 saturated carbocycles. The van der Waals surface area contributed by atoms with Crippen molar-refractivity contribution in [3.63, 3.8) is 0 Å². The SMILES string of the molecule is CC(C)c1ncncc1-c1cc(F)ccc1Oc1nncnc1N1CC2(CCN(C[C@H]3CC[C@@]4(CCC(=O)N4)CC3)CC2)C1. The lowest BCUT2D eigenvalue weighted by atomic mass is 9.71. The molecular formula is C33H41FN8O2. The van der Waals surface area contributed by atoms with E-state index >= 15 is 0 Å². The topological polar surface area (TPSA) is 109 Å². The van der Waals surface area contributed by atoms with Crippen molar-refractivity contribution in [2.75, 3.05) is 37.6 Å². The van der Waals surface area contributed by atoms with Crippen molar-refractivity contribution in [1.82, 2.24) is 35.4 Å². The van der Waals surface area contributed by atoms with Gasteiger partial charge in [0.25, 0.3) is 5.88 Å². The number of ether oxygens (including phenoxy) is 1. The Labute approximate surface area is 257 Å². The van der Waals surface area contributed by atoms with Crippen LogP contribution in [0.4, 0.5) is 10.2 Å². The summed E-state index contributed by atoms with van der Waals surface area (Å²) in [6.07, 6.45) is 13.4. The molecule has 10 nitrogen and oxygen atoms in total. The average Bonchev–Trinajstić information content (AvgIpc) is 3.38. The van der Waals surface area contributed by atoms with Gasteiger partial charge in [-0.1, -0.05) is 13.8 Å². The highest BCUT2D eigenvalue weighted by molar-refractivity contribution is 5.79. The van der Waals surface area contributed by atoms with Gasteiger partial charge in [-0.15, -0.1) is 10.2 Å². The van der Waals surface area contributed by atoms with E-state index in [-0.39, 0.29) is 28.6 Å². The first kappa shape index (κ1) is 29.0. The fraction of sp³-hybridized carbons (Fsp3) is 0.576. The summed E-state index contributed by atoms with van der Waals surface area (Å²) in [5.41, 5.74) is 2.48. The second-order valence-corrected chi connectivity index (χ2v) is 13.7. The average molecular weight is 601 g/mol. The predicted molar refractivity (Wildman–Crippen MR) is 164 cm³/mol. The lowest BCUT2D eigenvalue weighted by Crippen LogP contribution is -2.61. The Morgan fingerprint density at radius 3 is 2.57 bits per heavy atom. The Morgan fingerprint density at radius 2 is 1.84 bits per heavy atom. The fourth-order valence-corrected chi connectivity index (χ4v) is 7.82. The van der Waals surface area contributed by atoms with Gasteiger partial charge >= 0.3 is 0 Å². The summed E-state index contributed by atoms with van der Waals surface area (Å²) >= 11 is 0. The number of rotatable bonds is 7. The van der Waals surface area contributed by atoms with Gasteiger partial charge in [0.1, 0.15) is 24.2 Å². The van der Waals surface area contributed by atoms with Gasteiger partial charge in [0.15, 0.2) is 5.82 Å². The van der Waals surface area contributed by atoms with Crippen LogP contribution in [0.3, 0.4) is 0 Å². The minimum Gasteiger partial charge on any atom is -0.434 e. The molecule has 2 aromatic heterocycles. The first-order valence-corrected chi connectivity index (χ1v) is 16.0. The number of nitrogens with one attached hydrogen (secondary N) is 1. The van der Waals surface area contributed by atoms with E-state index in [4.69, 9.17) is 4.74 Å². The van der Waals surface area contributed by atoms with Crippen LogP contribution in [0.25, 0.3) is 11.1 Å². The van der Waals surface area contributed by atoms with E-state index in [9.17, 15) is 9.18 Å². The van der Waals surface area contributed by atoms with Crippen molar-refractivity contribution in [3.8, 4) is 22.8 Å². The molecular weight excluding hydrogens is 559 g/mol. The molecule has 7 rings (SSSR count). The van der Waals surface area contributed by atoms with Crippen LogP contribution < -0.4 is 15.0 Å². The molecule has 3 aromatic rings. The van der Waals surface area contributed by atoms with Gasteiger partial charge in [0.05, 0.1) is 5.69 Å². The Hall–Kier alpha value is -3.73. The van der Waals surface area contributed by atoms with Crippen LogP contribution in [0.1, 0.15) is 76.8 Å². The van der Waals surface area contributed by atoms with Crippen LogP contribution in [0.15, 0.2) is 37.1 Å². The van der Waals surface area contributed by atoms with E-state index < -0.39 is 0 Å². The van der Waals surface area contributed by atoms with Gasteiger partial charge in [0, 0.05) is 54.3 Å². The van der Waals surface area contributed by atoms with Gasteiger partial charge in [-0.25, -0.2) is 19.3 Å². The molecule has 2 spiro atoms. The Kier molecular flexibility index (Phi) is 7.68. The quantitative estimate of drug-likeness (QED) is 0.395. The number of anilines is 1. The van der Waals surface area contributed by atoms with E-state index in [0.29, 0.717) is 29.4 Å². The maximum atomic E-state index is 14.5. The van der Waals surface area contributed by atoms with Gasteiger partial charge in [-0.05, 0) is 88.1 Å². The monoisotopic (exact) mass is 600 g/mol. The molecule has 0 bridgehead atoms. The number of likely N-dealkylation sites (tertiary alicyclic amines) is 1. The summed E-state index contributed by atoms with van der Waals surface area (Å²) < 4.78 is 20.8. The Morgan fingerprint density at radius 1 is 1.05 bits per heavy atom. The molecule has 0 radical (unpaired) electrons. The zero-order chi connectivity index (χ0) is 30.3. The van der Waals surface area contributed by atoms with E-state index in [1.54, 1.807) is 12.3 Å². The van der Waals surface area contributed by atoms with Gasteiger partial charge in [-0.3, -0.25) is 4.79 Å². The van der Waals surface area contributed by atoms with Gasteiger partial charge in [-0.2, -0.15) is 0 Å². The van der Waals surface area contributed by atoms with E-state index in [2.05, 4.69) is 40.3 Å². The minimum atomic E-state index is -0.367. The Bertz CT molecular complexity index is 1510. The molecule has 0 atom stereocenters. The van der Waals surface area contributed by atoms with Crippen LogP contribution >= 0.6 is 0 Å². The molecule has 5 heterocycles. The van der Waals surface area contributed by atoms with E-state index in [1.165, 1.54) is 57.0 Å².